The Kier molecular flexibility index (Phi) is 3.59. The highest BCUT2D eigenvalue weighted by Crippen LogP contribution is 2.54. The number of amides is 1. The number of nitrogens with zero attached hydrogens (tertiary/aromatic N) is 7. The summed E-state index contributed by atoms with van der Waals surface area (Å²) < 4.78 is 8.93. The van der Waals surface area contributed by atoms with E-state index >= 15 is 0 Å². The number of carbonyl (C=O) groups is 1. The summed E-state index contributed by atoms with van der Waals surface area (Å²) in [5.41, 5.74) is 0.677. The standard InChI is InChI=1S/C21H21N7O2/c1-13-8-26(20(29)21(13,12-22)14-2-3-14)19-17-4-5-23-7-18(17)28(25-19)15-6-24-27(9-15)16-10-30-11-16/h4-7,9,13-14,16H,2-3,8,10-11H2,1H3/t13-,21+/m1/s1. The first-order valence-corrected chi connectivity index (χ1v) is 10.3. The Hall–Kier alpha value is -3.25. The maximum Gasteiger partial charge on any atom is 0.249 e. The highest BCUT2D eigenvalue weighted by atomic mass is 16.5. The third-order valence-corrected chi connectivity index (χ3v) is 6.79. The summed E-state index contributed by atoms with van der Waals surface area (Å²) in [4.78, 5) is 19.5. The highest BCUT2D eigenvalue weighted by molar-refractivity contribution is 6.07. The Morgan fingerprint density at radius 1 is 1.30 bits per heavy atom. The molecule has 1 aliphatic carbocycles. The van der Waals surface area contributed by atoms with Gasteiger partial charge < -0.3 is 4.74 Å². The lowest BCUT2D eigenvalue weighted by molar-refractivity contribution is -0.124. The maximum absolute atomic E-state index is 13.5. The van der Waals surface area contributed by atoms with Crippen LogP contribution in [-0.4, -0.2) is 50.2 Å². The molecule has 30 heavy (non-hydrogen) atoms. The summed E-state index contributed by atoms with van der Waals surface area (Å²) in [6.07, 6.45) is 9.04. The molecule has 9 nitrogen and oxygen atoms in total. The van der Waals surface area contributed by atoms with E-state index in [9.17, 15) is 10.1 Å². The van der Waals surface area contributed by atoms with Crippen molar-refractivity contribution < 1.29 is 9.53 Å². The van der Waals surface area contributed by atoms with Crippen molar-refractivity contribution in [1.29, 1.82) is 5.26 Å². The third-order valence-electron chi connectivity index (χ3n) is 6.79. The van der Waals surface area contributed by atoms with Gasteiger partial charge in [-0.1, -0.05) is 6.92 Å². The third kappa shape index (κ3) is 2.25. The van der Waals surface area contributed by atoms with Crippen molar-refractivity contribution >= 4 is 22.6 Å². The number of carbonyl (C=O) groups excluding carboxylic acids is 1. The van der Waals surface area contributed by atoms with E-state index in [0.29, 0.717) is 25.6 Å². The van der Waals surface area contributed by atoms with Crippen LogP contribution >= 0.6 is 0 Å². The average Bonchev–Trinajstić information content (AvgIpc) is 3.24. The molecule has 6 rings (SSSR count). The molecule has 0 N–H and O–H groups in total. The van der Waals surface area contributed by atoms with Gasteiger partial charge in [-0.05, 0) is 24.8 Å². The van der Waals surface area contributed by atoms with Gasteiger partial charge in [0.25, 0.3) is 0 Å². The number of aromatic nitrogens is 5. The molecule has 0 spiro atoms. The van der Waals surface area contributed by atoms with E-state index in [2.05, 4.69) is 16.2 Å². The molecule has 3 aliphatic rings. The molecule has 5 heterocycles. The van der Waals surface area contributed by atoms with Gasteiger partial charge in [0.05, 0.1) is 49.4 Å². The minimum Gasteiger partial charge on any atom is -0.377 e. The van der Waals surface area contributed by atoms with Crippen molar-refractivity contribution in [1.82, 2.24) is 24.5 Å². The van der Waals surface area contributed by atoms with Crippen LogP contribution in [-0.2, 0) is 9.53 Å². The molecule has 0 aromatic carbocycles. The monoisotopic (exact) mass is 403 g/mol. The fourth-order valence-electron chi connectivity index (χ4n) is 4.84. The number of hydrogen-bond acceptors (Lipinski definition) is 6. The summed E-state index contributed by atoms with van der Waals surface area (Å²) in [7, 11) is 0. The van der Waals surface area contributed by atoms with E-state index in [1.165, 1.54) is 0 Å². The minimum atomic E-state index is -0.932. The number of fused-ring (bicyclic) bond motifs is 1. The van der Waals surface area contributed by atoms with Crippen molar-refractivity contribution in [3.63, 3.8) is 0 Å². The van der Waals surface area contributed by atoms with Crippen molar-refractivity contribution in [2.75, 3.05) is 24.7 Å². The molecule has 1 saturated carbocycles. The molecular formula is C21H21N7O2. The van der Waals surface area contributed by atoms with Gasteiger partial charge in [0, 0.05) is 24.0 Å². The summed E-state index contributed by atoms with van der Waals surface area (Å²) in [5.74, 6) is 0.589. The van der Waals surface area contributed by atoms with Crippen LogP contribution in [0.15, 0.2) is 30.9 Å². The lowest BCUT2D eigenvalue weighted by Gasteiger charge is -2.25. The zero-order valence-corrected chi connectivity index (χ0v) is 16.6. The topological polar surface area (TPSA) is 102 Å². The molecule has 2 saturated heterocycles. The van der Waals surface area contributed by atoms with Gasteiger partial charge in [-0.25, -0.2) is 4.68 Å². The maximum atomic E-state index is 13.5. The molecule has 3 fully saturated rings. The lowest BCUT2D eigenvalue weighted by Crippen LogP contribution is -2.37. The van der Waals surface area contributed by atoms with E-state index in [4.69, 9.17) is 9.84 Å². The molecule has 152 valence electrons. The van der Waals surface area contributed by atoms with Crippen LogP contribution in [0.4, 0.5) is 5.82 Å². The smallest absolute Gasteiger partial charge is 0.249 e. The van der Waals surface area contributed by atoms with Crippen LogP contribution in [0.3, 0.4) is 0 Å². The largest absolute Gasteiger partial charge is 0.377 e. The van der Waals surface area contributed by atoms with Gasteiger partial charge in [-0.2, -0.15) is 10.4 Å². The molecule has 2 atom stereocenters. The first kappa shape index (κ1) is 17.6. The van der Waals surface area contributed by atoms with E-state index in [1.807, 2.05) is 23.9 Å². The quantitative estimate of drug-likeness (QED) is 0.661. The fourth-order valence-corrected chi connectivity index (χ4v) is 4.84. The first-order chi connectivity index (χ1) is 14.6. The van der Waals surface area contributed by atoms with Crippen molar-refractivity contribution in [2.45, 2.75) is 25.8 Å². The Bertz CT molecular complexity index is 1200. The predicted octanol–water partition coefficient (Wildman–Crippen LogP) is 2.09. The van der Waals surface area contributed by atoms with Crippen LogP contribution < -0.4 is 4.90 Å². The van der Waals surface area contributed by atoms with Crippen molar-refractivity contribution in [2.24, 2.45) is 17.3 Å². The number of nitriles is 1. The first-order valence-electron chi connectivity index (χ1n) is 10.3. The second kappa shape index (κ2) is 6.12. The van der Waals surface area contributed by atoms with E-state index in [1.54, 1.807) is 28.2 Å². The van der Waals surface area contributed by atoms with E-state index < -0.39 is 5.41 Å². The summed E-state index contributed by atoms with van der Waals surface area (Å²) in [6, 6.07) is 4.51. The molecule has 0 radical (unpaired) electrons. The zero-order chi connectivity index (χ0) is 20.5. The Morgan fingerprint density at radius 3 is 2.83 bits per heavy atom. The fraction of sp³-hybridized carbons (Fsp3) is 0.476. The van der Waals surface area contributed by atoms with E-state index in [0.717, 1.165) is 29.4 Å². The van der Waals surface area contributed by atoms with Crippen LogP contribution in [0.2, 0.25) is 0 Å². The summed E-state index contributed by atoms with van der Waals surface area (Å²) in [6.45, 7) is 3.82. The SMILES string of the molecule is C[C@@H]1CN(c2nn(-c3cnn(C4COC4)c3)c3cnccc23)C(=O)[C@]1(C#N)C1CC1. The Labute approximate surface area is 172 Å². The highest BCUT2D eigenvalue weighted by Gasteiger charge is 2.61. The molecule has 0 bridgehead atoms. The van der Waals surface area contributed by atoms with Crippen molar-refractivity contribution in [3.8, 4) is 11.8 Å². The number of rotatable bonds is 4. The Morgan fingerprint density at radius 2 is 2.13 bits per heavy atom. The van der Waals surface area contributed by atoms with Gasteiger partial charge in [0.15, 0.2) is 5.82 Å². The number of ether oxygens (including phenoxy) is 1. The van der Waals surface area contributed by atoms with Gasteiger partial charge in [-0.3, -0.25) is 19.4 Å². The molecule has 2 aliphatic heterocycles. The van der Waals surface area contributed by atoms with Gasteiger partial charge in [0.1, 0.15) is 11.1 Å². The molecule has 0 unspecified atom stereocenters. The summed E-state index contributed by atoms with van der Waals surface area (Å²) in [5, 5.41) is 20.1. The van der Waals surface area contributed by atoms with Crippen LogP contribution in [0.25, 0.3) is 16.6 Å². The van der Waals surface area contributed by atoms with Gasteiger partial charge >= 0.3 is 0 Å². The van der Waals surface area contributed by atoms with Gasteiger partial charge in [0.2, 0.25) is 5.91 Å². The van der Waals surface area contributed by atoms with Crippen LogP contribution in [0.5, 0.6) is 0 Å². The molecule has 3 aromatic heterocycles. The molecule has 3 aromatic rings. The summed E-state index contributed by atoms with van der Waals surface area (Å²) >= 11 is 0. The second-order valence-corrected chi connectivity index (χ2v) is 8.57. The molecule has 1 amide bonds. The van der Waals surface area contributed by atoms with Crippen LogP contribution in [0, 0.1) is 28.6 Å². The number of pyridine rings is 1. The van der Waals surface area contributed by atoms with Crippen molar-refractivity contribution in [3.05, 3.63) is 30.9 Å². The molecular weight excluding hydrogens is 382 g/mol. The normalized spacial score (nSPS) is 26.9. The Balaban J connectivity index is 1.45. The minimum absolute atomic E-state index is 0.0362. The number of anilines is 1. The average molecular weight is 403 g/mol. The lowest BCUT2D eigenvalue weighted by atomic mass is 9.75. The zero-order valence-electron chi connectivity index (χ0n) is 16.6. The van der Waals surface area contributed by atoms with Crippen LogP contribution in [0.1, 0.15) is 25.8 Å². The second-order valence-electron chi connectivity index (χ2n) is 8.57. The van der Waals surface area contributed by atoms with Gasteiger partial charge in [-0.15, -0.1) is 5.10 Å². The molecule has 9 heteroatoms. The predicted molar refractivity (Wildman–Crippen MR) is 107 cm³/mol. The number of hydrogen-bond donors (Lipinski definition) is 0. The van der Waals surface area contributed by atoms with E-state index in [-0.39, 0.29) is 23.8 Å².